The van der Waals surface area contributed by atoms with Crippen LogP contribution in [0, 0.1) is 13.8 Å². The predicted molar refractivity (Wildman–Crippen MR) is 101 cm³/mol. The lowest BCUT2D eigenvalue weighted by Crippen LogP contribution is -2.27. The lowest BCUT2D eigenvalue weighted by atomic mass is 10.1. The zero-order valence-electron chi connectivity index (χ0n) is 14.9. The molecule has 0 aliphatic carbocycles. The van der Waals surface area contributed by atoms with E-state index in [1.165, 1.54) is 27.9 Å². The van der Waals surface area contributed by atoms with E-state index in [2.05, 4.69) is 58.9 Å². The molecule has 25 heavy (non-hydrogen) atoms. The number of fused-ring (bicyclic) bond motifs is 1. The molecule has 4 rings (SSSR count). The molecule has 0 bridgehead atoms. The molecule has 0 radical (unpaired) electrons. The SMILES string of the molecule is Cc1ccc2c(c1)CN(Cc1cnn(C)c1C)CC(c1ccsc1)O2. The Morgan fingerprint density at radius 3 is 2.88 bits per heavy atom. The average molecular weight is 353 g/mol. The Morgan fingerprint density at radius 2 is 2.16 bits per heavy atom. The Balaban J connectivity index is 1.67. The number of nitrogens with zero attached hydrogens (tertiary/aromatic N) is 3. The third-order valence-electron chi connectivity index (χ3n) is 4.95. The molecule has 1 aliphatic rings. The summed E-state index contributed by atoms with van der Waals surface area (Å²) in [6.07, 6.45) is 2.05. The second-order valence-electron chi connectivity index (χ2n) is 6.82. The van der Waals surface area contributed by atoms with E-state index < -0.39 is 0 Å². The van der Waals surface area contributed by atoms with E-state index in [0.717, 1.165) is 25.4 Å². The van der Waals surface area contributed by atoms with Crippen molar-refractivity contribution in [3.05, 3.63) is 69.2 Å². The van der Waals surface area contributed by atoms with Crippen LogP contribution in [0.3, 0.4) is 0 Å². The fraction of sp³-hybridized carbons (Fsp3) is 0.350. The Labute approximate surface area is 152 Å². The second-order valence-corrected chi connectivity index (χ2v) is 7.60. The minimum absolute atomic E-state index is 0.0622. The van der Waals surface area contributed by atoms with Gasteiger partial charge in [0.05, 0.1) is 6.20 Å². The van der Waals surface area contributed by atoms with Crippen LogP contribution >= 0.6 is 11.3 Å². The molecule has 0 saturated heterocycles. The first-order valence-corrected chi connectivity index (χ1v) is 9.52. The first kappa shape index (κ1) is 16.4. The van der Waals surface area contributed by atoms with E-state index in [4.69, 9.17) is 4.74 Å². The van der Waals surface area contributed by atoms with Gasteiger partial charge in [-0.25, -0.2) is 0 Å². The molecule has 3 aromatic rings. The van der Waals surface area contributed by atoms with Crippen molar-refractivity contribution in [2.75, 3.05) is 6.54 Å². The summed E-state index contributed by atoms with van der Waals surface area (Å²) in [7, 11) is 2.00. The van der Waals surface area contributed by atoms with Gasteiger partial charge in [0.1, 0.15) is 11.9 Å². The van der Waals surface area contributed by atoms with Gasteiger partial charge in [-0.3, -0.25) is 9.58 Å². The van der Waals surface area contributed by atoms with Crippen LogP contribution in [0.1, 0.15) is 34.1 Å². The van der Waals surface area contributed by atoms with Gasteiger partial charge >= 0.3 is 0 Å². The first-order chi connectivity index (χ1) is 12.1. The maximum absolute atomic E-state index is 6.40. The fourth-order valence-corrected chi connectivity index (χ4v) is 4.07. The minimum atomic E-state index is 0.0622. The predicted octanol–water partition coefficient (Wildman–Crippen LogP) is 4.23. The van der Waals surface area contributed by atoms with Gasteiger partial charge in [0, 0.05) is 49.1 Å². The highest BCUT2D eigenvalue weighted by molar-refractivity contribution is 7.07. The van der Waals surface area contributed by atoms with E-state index in [9.17, 15) is 0 Å². The van der Waals surface area contributed by atoms with Crippen LogP contribution in [0.15, 0.2) is 41.2 Å². The molecule has 130 valence electrons. The summed E-state index contributed by atoms with van der Waals surface area (Å²) in [6.45, 7) is 6.92. The molecule has 0 saturated carbocycles. The van der Waals surface area contributed by atoms with Crippen molar-refractivity contribution in [3.63, 3.8) is 0 Å². The normalized spacial score (nSPS) is 17.8. The molecule has 1 aromatic carbocycles. The molecule has 1 unspecified atom stereocenters. The number of hydrogen-bond acceptors (Lipinski definition) is 4. The molecule has 1 atom stereocenters. The van der Waals surface area contributed by atoms with E-state index in [-0.39, 0.29) is 6.10 Å². The third-order valence-corrected chi connectivity index (χ3v) is 5.65. The van der Waals surface area contributed by atoms with Gasteiger partial charge in [-0.15, -0.1) is 0 Å². The van der Waals surface area contributed by atoms with E-state index in [0.29, 0.717) is 0 Å². The zero-order chi connectivity index (χ0) is 17.4. The fourth-order valence-electron chi connectivity index (χ4n) is 3.37. The van der Waals surface area contributed by atoms with E-state index >= 15 is 0 Å². The highest BCUT2D eigenvalue weighted by Crippen LogP contribution is 2.33. The van der Waals surface area contributed by atoms with Crippen molar-refractivity contribution in [1.82, 2.24) is 14.7 Å². The summed E-state index contributed by atoms with van der Waals surface area (Å²) in [5.41, 5.74) is 6.30. The first-order valence-electron chi connectivity index (χ1n) is 8.58. The molecule has 2 aromatic heterocycles. The second kappa shape index (κ2) is 6.65. The molecule has 5 heteroatoms. The molecular formula is C20H23N3OS. The number of aromatic nitrogens is 2. The Kier molecular flexibility index (Phi) is 4.36. The number of benzene rings is 1. The topological polar surface area (TPSA) is 30.3 Å². The number of rotatable bonds is 3. The molecule has 0 fully saturated rings. The summed E-state index contributed by atoms with van der Waals surface area (Å²) in [4.78, 5) is 2.47. The summed E-state index contributed by atoms with van der Waals surface area (Å²) in [6, 6.07) is 8.66. The molecule has 0 N–H and O–H groups in total. The maximum atomic E-state index is 6.40. The van der Waals surface area contributed by atoms with Crippen molar-refractivity contribution < 1.29 is 4.74 Å². The minimum Gasteiger partial charge on any atom is -0.484 e. The van der Waals surface area contributed by atoms with Crippen molar-refractivity contribution in [2.45, 2.75) is 33.0 Å². The lowest BCUT2D eigenvalue weighted by Gasteiger charge is -2.23. The molecular weight excluding hydrogens is 330 g/mol. The third kappa shape index (κ3) is 3.34. The maximum Gasteiger partial charge on any atom is 0.137 e. The molecule has 1 aliphatic heterocycles. The highest BCUT2D eigenvalue weighted by Gasteiger charge is 2.25. The van der Waals surface area contributed by atoms with Crippen molar-refractivity contribution in [1.29, 1.82) is 0 Å². The van der Waals surface area contributed by atoms with Gasteiger partial charge < -0.3 is 4.74 Å². The van der Waals surface area contributed by atoms with Crippen LogP contribution in [0.2, 0.25) is 0 Å². The van der Waals surface area contributed by atoms with Gasteiger partial charge in [0.2, 0.25) is 0 Å². The van der Waals surface area contributed by atoms with Gasteiger partial charge in [-0.1, -0.05) is 17.7 Å². The molecule has 4 nitrogen and oxygen atoms in total. The van der Waals surface area contributed by atoms with Gasteiger partial charge in [-0.05, 0) is 36.7 Å². The van der Waals surface area contributed by atoms with Gasteiger partial charge in [0.15, 0.2) is 0 Å². The van der Waals surface area contributed by atoms with Crippen molar-refractivity contribution in [3.8, 4) is 5.75 Å². The number of hydrogen-bond donors (Lipinski definition) is 0. The van der Waals surface area contributed by atoms with Crippen LogP contribution in [-0.2, 0) is 20.1 Å². The highest BCUT2D eigenvalue weighted by atomic mass is 32.1. The monoisotopic (exact) mass is 353 g/mol. The Morgan fingerprint density at radius 1 is 1.28 bits per heavy atom. The summed E-state index contributed by atoms with van der Waals surface area (Å²) in [5, 5.41) is 8.70. The standard InChI is InChI=1S/C20H23N3OS/c1-14-4-5-19-17(8-14)10-23(11-18-9-21-22(3)15(18)2)12-20(24-19)16-6-7-25-13-16/h4-9,13,20H,10-12H2,1-3H3. The smallest absolute Gasteiger partial charge is 0.137 e. The van der Waals surface area contributed by atoms with E-state index in [1.807, 2.05) is 17.9 Å². The Hall–Kier alpha value is -2.11. The summed E-state index contributed by atoms with van der Waals surface area (Å²) in [5.74, 6) is 1.01. The quantitative estimate of drug-likeness (QED) is 0.706. The van der Waals surface area contributed by atoms with Crippen LogP contribution in [-0.4, -0.2) is 21.2 Å². The van der Waals surface area contributed by atoms with Crippen LogP contribution in [0.25, 0.3) is 0 Å². The zero-order valence-corrected chi connectivity index (χ0v) is 15.7. The van der Waals surface area contributed by atoms with Crippen LogP contribution in [0.4, 0.5) is 0 Å². The van der Waals surface area contributed by atoms with Gasteiger partial charge in [0.25, 0.3) is 0 Å². The average Bonchev–Trinajstić information content (AvgIpc) is 3.18. The number of thiophene rings is 1. The molecule has 0 spiro atoms. The largest absolute Gasteiger partial charge is 0.484 e. The van der Waals surface area contributed by atoms with Crippen LogP contribution in [0.5, 0.6) is 5.75 Å². The van der Waals surface area contributed by atoms with E-state index in [1.54, 1.807) is 11.3 Å². The van der Waals surface area contributed by atoms with Crippen molar-refractivity contribution in [2.24, 2.45) is 7.05 Å². The summed E-state index contributed by atoms with van der Waals surface area (Å²) < 4.78 is 8.35. The lowest BCUT2D eigenvalue weighted by molar-refractivity contribution is 0.144. The van der Waals surface area contributed by atoms with Gasteiger partial charge in [-0.2, -0.15) is 16.4 Å². The molecule has 3 heterocycles. The van der Waals surface area contributed by atoms with Crippen molar-refractivity contribution >= 4 is 11.3 Å². The Bertz CT molecular complexity index is 869. The molecule has 0 amide bonds. The van der Waals surface area contributed by atoms with Crippen LogP contribution < -0.4 is 4.74 Å². The number of ether oxygens (including phenoxy) is 1. The number of aryl methyl sites for hydroxylation is 2. The summed E-state index contributed by atoms with van der Waals surface area (Å²) >= 11 is 1.72.